The monoisotopic (exact) mass is 184 g/mol. The van der Waals surface area contributed by atoms with Gasteiger partial charge in [-0.2, -0.15) is 0 Å². The fraction of sp³-hybridized carbons (Fsp3) is 0.0909. The van der Waals surface area contributed by atoms with Crippen LogP contribution in [-0.4, -0.2) is 16.7 Å². The number of rotatable bonds is 0. The van der Waals surface area contributed by atoms with Gasteiger partial charge in [-0.15, -0.1) is 0 Å². The summed E-state index contributed by atoms with van der Waals surface area (Å²) >= 11 is 0. The van der Waals surface area contributed by atoms with Crippen LogP contribution < -0.4 is 0 Å². The Bertz CT molecular complexity index is 551. The van der Waals surface area contributed by atoms with Crippen molar-refractivity contribution in [2.24, 2.45) is 4.99 Å². The molecule has 3 rings (SSSR count). The first-order valence-electron chi connectivity index (χ1n) is 4.49. The Morgan fingerprint density at radius 1 is 1.29 bits per heavy atom. The number of aromatic nitrogens is 1. The van der Waals surface area contributed by atoms with Crippen molar-refractivity contribution in [3.05, 3.63) is 36.0 Å². The van der Waals surface area contributed by atoms with Crippen LogP contribution in [0.2, 0.25) is 0 Å². The van der Waals surface area contributed by atoms with Gasteiger partial charge in [0, 0.05) is 23.4 Å². The number of benzene rings is 1. The zero-order valence-corrected chi connectivity index (χ0v) is 7.47. The number of amides is 1. The van der Waals surface area contributed by atoms with E-state index in [9.17, 15) is 4.79 Å². The molecule has 14 heavy (non-hydrogen) atoms. The van der Waals surface area contributed by atoms with Crippen LogP contribution in [0.1, 0.15) is 5.56 Å². The molecule has 0 bridgehead atoms. The predicted molar refractivity (Wildman–Crippen MR) is 54.5 cm³/mol. The maximum Gasteiger partial charge on any atom is 0.265 e. The Morgan fingerprint density at radius 3 is 3.14 bits per heavy atom. The molecule has 1 aliphatic rings. The minimum atomic E-state index is -0.0984. The first-order valence-corrected chi connectivity index (χ1v) is 4.49. The Labute approximate surface area is 80.7 Å². The lowest BCUT2D eigenvalue weighted by molar-refractivity contribution is -0.118. The van der Waals surface area contributed by atoms with Gasteiger partial charge in [-0.1, -0.05) is 18.2 Å². The van der Waals surface area contributed by atoms with Crippen LogP contribution in [0.4, 0.5) is 0 Å². The summed E-state index contributed by atoms with van der Waals surface area (Å²) in [4.78, 5) is 15.1. The second-order valence-electron chi connectivity index (χ2n) is 3.38. The normalized spacial score (nSPS) is 14.7. The van der Waals surface area contributed by atoms with Crippen molar-refractivity contribution in [2.45, 2.75) is 6.54 Å². The van der Waals surface area contributed by atoms with Crippen LogP contribution >= 0.6 is 0 Å². The molecule has 0 atom stereocenters. The third-order valence-corrected chi connectivity index (χ3v) is 2.47. The smallest absolute Gasteiger partial charge is 0.265 e. The molecule has 0 aliphatic carbocycles. The van der Waals surface area contributed by atoms with Crippen LogP contribution in [0.15, 0.2) is 35.5 Å². The Hall–Kier alpha value is -1.90. The number of aliphatic imine (C=N–C) groups is 1. The van der Waals surface area contributed by atoms with Crippen LogP contribution in [0.5, 0.6) is 0 Å². The van der Waals surface area contributed by atoms with Crippen LogP contribution in [-0.2, 0) is 11.3 Å². The van der Waals surface area contributed by atoms with Gasteiger partial charge in [0.1, 0.15) is 6.54 Å². The lowest BCUT2D eigenvalue weighted by atomic mass is 10.1. The van der Waals surface area contributed by atoms with Gasteiger partial charge < -0.3 is 4.57 Å². The minimum Gasteiger partial charge on any atom is -0.337 e. The molecule has 0 spiro atoms. The van der Waals surface area contributed by atoms with Crippen molar-refractivity contribution < 1.29 is 4.79 Å². The van der Waals surface area contributed by atoms with Crippen molar-refractivity contribution in [3.63, 3.8) is 0 Å². The zero-order chi connectivity index (χ0) is 9.54. The van der Waals surface area contributed by atoms with E-state index >= 15 is 0 Å². The number of nitrogens with zero attached hydrogens (tertiary/aromatic N) is 2. The molecule has 0 saturated heterocycles. The van der Waals surface area contributed by atoms with Crippen LogP contribution in [0.3, 0.4) is 0 Å². The maximum atomic E-state index is 11.3. The third-order valence-electron chi connectivity index (χ3n) is 2.47. The van der Waals surface area contributed by atoms with Gasteiger partial charge in [0.2, 0.25) is 0 Å². The fourth-order valence-corrected chi connectivity index (χ4v) is 1.85. The molecule has 1 aromatic carbocycles. The summed E-state index contributed by atoms with van der Waals surface area (Å²) < 4.78 is 1.94. The molecule has 1 aliphatic heterocycles. The van der Waals surface area contributed by atoms with E-state index in [1.807, 2.05) is 35.0 Å². The average molecular weight is 184 g/mol. The van der Waals surface area contributed by atoms with Gasteiger partial charge in [0.25, 0.3) is 5.91 Å². The zero-order valence-electron chi connectivity index (χ0n) is 7.47. The first kappa shape index (κ1) is 7.50. The second-order valence-corrected chi connectivity index (χ2v) is 3.38. The van der Waals surface area contributed by atoms with Gasteiger partial charge in [0.15, 0.2) is 0 Å². The largest absolute Gasteiger partial charge is 0.337 e. The summed E-state index contributed by atoms with van der Waals surface area (Å²) in [6, 6.07) is 8.01. The first-order chi connectivity index (χ1) is 6.84. The highest BCUT2D eigenvalue weighted by Crippen LogP contribution is 2.20. The summed E-state index contributed by atoms with van der Waals surface area (Å²) in [7, 11) is 0. The van der Waals surface area contributed by atoms with E-state index in [4.69, 9.17) is 0 Å². The number of carbonyl (C=O) groups excluding carboxylic acids is 1. The molecule has 1 amide bonds. The number of para-hydroxylation sites is 1. The van der Waals surface area contributed by atoms with E-state index in [-0.39, 0.29) is 5.91 Å². The van der Waals surface area contributed by atoms with E-state index in [2.05, 4.69) is 4.99 Å². The Kier molecular flexibility index (Phi) is 1.36. The van der Waals surface area contributed by atoms with Gasteiger partial charge in [0.05, 0.1) is 5.52 Å². The maximum absolute atomic E-state index is 11.3. The van der Waals surface area contributed by atoms with Crippen molar-refractivity contribution in [1.29, 1.82) is 0 Å². The molecule has 0 fully saturated rings. The second kappa shape index (κ2) is 2.54. The molecule has 1 aromatic heterocycles. The quantitative estimate of drug-likeness (QED) is 0.612. The summed E-state index contributed by atoms with van der Waals surface area (Å²) in [6.07, 6.45) is 3.58. The lowest BCUT2D eigenvalue weighted by Gasteiger charge is -2.00. The van der Waals surface area contributed by atoms with E-state index in [0.717, 1.165) is 16.5 Å². The van der Waals surface area contributed by atoms with Crippen molar-refractivity contribution >= 4 is 23.0 Å². The highest BCUT2D eigenvalue weighted by Gasteiger charge is 2.11. The molecule has 0 radical (unpaired) electrons. The fourth-order valence-electron chi connectivity index (χ4n) is 1.85. The van der Waals surface area contributed by atoms with E-state index in [1.165, 1.54) is 0 Å². The molecule has 68 valence electrons. The van der Waals surface area contributed by atoms with Crippen molar-refractivity contribution in [1.82, 2.24) is 4.57 Å². The number of carbonyl (C=O) groups is 1. The summed E-state index contributed by atoms with van der Waals surface area (Å²) in [5.41, 5.74) is 2.11. The average Bonchev–Trinajstić information content (AvgIpc) is 2.51. The summed E-state index contributed by atoms with van der Waals surface area (Å²) in [5.74, 6) is -0.0984. The number of hydrogen-bond acceptors (Lipinski definition) is 1. The van der Waals surface area contributed by atoms with Crippen molar-refractivity contribution in [2.75, 3.05) is 0 Å². The minimum absolute atomic E-state index is 0.0984. The Morgan fingerprint density at radius 2 is 2.21 bits per heavy atom. The van der Waals surface area contributed by atoms with Gasteiger partial charge in [-0.05, 0) is 6.07 Å². The predicted octanol–water partition coefficient (Wildman–Crippen LogP) is 1.60. The topological polar surface area (TPSA) is 34.4 Å². The SMILES string of the molecule is O=C1Cn2ccc3cccc(c32)C=N1. The van der Waals surface area contributed by atoms with E-state index in [1.54, 1.807) is 6.21 Å². The van der Waals surface area contributed by atoms with E-state index in [0.29, 0.717) is 6.54 Å². The molecule has 3 nitrogen and oxygen atoms in total. The van der Waals surface area contributed by atoms with Crippen LogP contribution in [0.25, 0.3) is 10.9 Å². The van der Waals surface area contributed by atoms with Gasteiger partial charge >= 0.3 is 0 Å². The molecule has 0 unspecified atom stereocenters. The molecular weight excluding hydrogens is 176 g/mol. The molecular formula is C11H8N2O. The molecule has 3 heteroatoms. The summed E-state index contributed by atoms with van der Waals surface area (Å²) in [6.45, 7) is 0.344. The standard InChI is InChI=1S/C11H8N2O/c14-10-7-13-5-4-8-2-1-3-9(6-12-10)11(8)13/h1-6H,7H2. The Balaban J connectivity index is 2.45. The van der Waals surface area contributed by atoms with Gasteiger partial charge in [-0.3, -0.25) is 4.79 Å². The lowest BCUT2D eigenvalue weighted by Crippen LogP contribution is -2.04. The molecule has 0 N–H and O–H groups in total. The third kappa shape index (κ3) is 0.923. The number of hydrogen-bond donors (Lipinski definition) is 0. The van der Waals surface area contributed by atoms with Gasteiger partial charge in [-0.25, -0.2) is 4.99 Å². The van der Waals surface area contributed by atoms with Crippen LogP contribution in [0, 0.1) is 0 Å². The highest BCUT2D eigenvalue weighted by molar-refractivity contribution is 6.04. The highest BCUT2D eigenvalue weighted by atomic mass is 16.1. The molecule has 0 saturated carbocycles. The van der Waals surface area contributed by atoms with E-state index < -0.39 is 0 Å². The molecule has 2 aromatic rings. The summed E-state index contributed by atoms with van der Waals surface area (Å²) in [5, 5.41) is 1.16. The molecule has 2 heterocycles. The van der Waals surface area contributed by atoms with Crippen molar-refractivity contribution in [3.8, 4) is 0 Å².